The molecule has 5 heteroatoms. The van der Waals surface area contributed by atoms with Crippen LogP contribution in [0.5, 0.6) is 5.88 Å². The Hall–Kier alpha value is -0.430. The Morgan fingerprint density at radius 3 is 3.09 bits per heavy atom. The molecular weight excluding hydrogens is 257 g/mol. The number of halogens is 1. The summed E-state index contributed by atoms with van der Waals surface area (Å²) in [6, 6.07) is 0. The third-order valence-electron chi connectivity index (χ3n) is 0.990. The van der Waals surface area contributed by atoms with Crippen LogP contribution in [0.2, 0.25) is 0 Å². The van der Waals surface area contributed by atoms with Gasteiger partial charge in [0.1, 0.15) is 12.9 Å². The molecular formula is C6H8IN3O. The number of nitrogens with zero attached hydrogens (tertiary/aromatic N) is 2. The molecule has 0 aromatic carbocycles. The van der Waals surface area contributed by atoms with Gasteiger partial charge in [0.2, 0.25) is 5.88 Å². The van der Waals surface area contributed by atoms with Crippen molar-refractivity contribution in [2.45, 2.75) is 0 Å². The summed E-state index contributed by atoms with van der Waals surface area (Å²) in [7, 11) is 0. The van der Waals surface area contributed by atoms with Gasteiger partial charge in [-0.15, -0.1) is 0 Å². The molecule has 0 saturated heterocycles. The van der Waals surface area contributed by atoms with E-state index in [9.17, 15) is 0 Å². The van der Waals surface area contributed by atoms with Crippen molar-refractivity contribution in [1.29, 1.82) is 0 Å². The molecule has 4 nitrogen and oxygen atoms in total. The summed E-state index contributed by atoms with van der Waals surface area (Å²) in [5.41, 5.74) is 5.26. The van der Waals surface area contributed by atoms with Crippen LogP contribution >= 0.6 is 22.6 Å². The van der Waals surface area contributed by atoms with Gasteiger partial charge in [0.15, 0.2) is 0 Å². The van der Waals surface area contributed by atoms with Crippen molar-refractivity contribution in [3.8, 4) is 5.88 Å². The molecule has 1 aromatic rings. The molecule has 0 radical (unpaired) electrons. The average molecular weight is 265 g/mol. The molecule has 0 aliphatic rings. The third-order valence-corrected chi connectivity index (χ3v) is 1.73. The monoisotopic (exact) mass is 265 g/mol. The van der Waals surface area contributed by atoms with E-state index in [4.69, 9.17) is 10.5 Å². The van der Waals surface area contributed by atoms with Crippen molar-refractivity contribution in [3.63, 3.8) is 0 Å². The van der Waals surface area contributed by atoms with Crippen LogP contribution in [-0.4, -0.2) is 23.1 Å². The maximum atomic E-state index is 5.26. The van der Waals surface area contributed by atoms with Gasteiger partial charge in [-0.25, -0.2) is 9.97 Å². The van der Waals surface area contributed by atoms with E-state index in [1.807, 2.05) is 0 Å². The first kappa shape index (κ1) is 8.66. The standard InChI is InChI=1S/C6H8IN3O/c7-5-3-9-4-10-6(5)11-2-1-8/h3-4H,1-2,8H2. The number of rotatable bonds is 3. The highest BCUT2D eigenvalue weighted by molar-refractivity contribution is 14.1. The van der Waals surface area contributed by atoms with E-state index in [0.717, 1.165) is 3.57 Å². The summed E-state index contributed by atoms with van der Waals surface area (Å²) in [5.74, 6) is 0.603. The Bertz CT molecular complexity index is 231. The Morgan fingerprint density at radius 1 is 1.64 bits per heavy atom. The van der Waals surface area contributed by atoms with E-state index in [2.05, 4.69) is 32.6 Å². The summed E-state index contributed by atoms with van der Waals surface area (Å²) in [5, 5.41) is 0. The van der Waals surface area contributed by atoms with E-state index in [-0.39, 0.29) is 0 Å². The number of aromatic nitrogens is 2. The quantitative estimate of drug-likeness (QED) is 0.804. The zero-order valence-corrected chi connectivity index (χ0v) is 7.98. The van der Waals surface area contributed by atoms with Crippen LogP contribution in [0.25, 0.3) is 0 Å². The summed E-state index contributed by atoms with van der Waals surface area (Å²) in [6.07, 6.45) is 3.15. The minimum Gasteiger partial charge on any atom is -0.475 e. The first-order valence-corrected chi connectivity index (χ1v) is 4.21. The molecule has 0 amide bonds. The van der Waals surface area contributed by atoms with Gasteiger partial charge < -0.3 is 10.5 Å². The zero-order valence-electron chi connectivity index (χ0n) is 5.83. The summed E-state index contributed by atoms with van der Waals surface area (Å²) in [4.78, 5) is 7.74. The Balaban J connectivity index is 2.62. The van der Waals surface area contributed by atoms with Crippen LogP contribution in [0, 0.1) is 3.57 Å². The number of nitrogens with two attached hydrogens (primary N) is 1. The second-order valence-electron chi connectivity index (χ2n) is 1.81. The number of hydrogen-bond donors (Lipinski definition) is 1. The molecule has 11 heavy (non-hydrogen) atoms. The Morgan fingerprint density at radius 2 is 2.45 bits per heavy atom. The molecule has 1 rings (SSSR count). The number of ether oxygens (including phenoxy) is 1. The van der Waals surface area contributed by atoms with Gasteiger partial charge in [-0.3, -0.25) is 0 Å². The van der Waals surface area contributed by atoms with Gasteiger partial charge in [0, 0.05) is 12.7 Å². The lowest BCUT2D eigenvalue weighted by Crippen LogP contribution is -2.11. The van der Waals surface area contributed by atoms with Crippen LogP contribution in [0.1, 0.15) is 0 Å². The largest absolute Gasteiger partial charge is 0.475 e. The fourth-order valence-corrected chi connectivity index (χ4v) is 1.02. The van der Waals surface area contributed by atoms with E-state index in [1.165, 1.54) is 6.33 Å². The molecule has 0 fully saturated rings. The topological polar surface area (TPSA) is 61.0 Å². The predicted molar refractivity (Wildman–Crippen MR) is 49.3 cm³/mol. The maximum absolute atomic E-state index is 5.26. The predicted octanol–water partition coefficient (Wildman–Crippen LogP) is 0.419. The van der Waals surface area contributed by atoms with Gasteiger partial charge in [-0.1, -0.05) is 0 Å². The van der Waals surface area contributed by atoms with Gasteiger partial charge in [-0.2, -0.15) is 0 Å². The van der Waals surface area contributed by atoms with Crippen LogP contribution < -0.4 is 10.5 Å². The second-order valence-corrected chi connectivity index (χ2v) is 2.98. The summed E-state index contributed by atoms with van der Waals surface area (Å²) >= 11 is 2.11. The fourth-order valence-electron chi connectivity index (χ4n) is 0.563. The summed E-state index contributed by atoms with van der Waals surface area (Å²) < 4.78 is 6.10. The van der Waals surface area contributed by atoms with Gasteiger partial charge in [-0.05, 0) is 22.6 Å². The first-order valence-electron chi connectivity index (χ1n) is 3.13. The van der Waals surface area contributed by atoms with E-state index < -0.39 is 0 Å². The minimum absolute atomic E-state index is 0.493. The average Bonchev–Trinajstić information content (AvgIpc) is 2.03. The maximum Gasteiger partial charge on any atom is 0.230 e. The van der Waals surface area contributed by atoms with Gasteiger partial charge >= 0.3 is 0 Å². The highest BCUT2D eigenvalue weighted by Crippen LogP contribution is 2.14. The summed E-state index contributed by atoms with van der Waals surface area (Å²) in [6.45, 7) is 0.993. The molecule has 0 saturated carbocycles. The van der Waals surface area contributed by atoms with E-state index in [1.54, 1.807) is 6.20 Å². The molecule has 0 aliphatic heterocycles. The van der Waals surface area contributed by atoms with Crippen molar-refractivity contribution in [2.24, 2.45) is 5.73 Å². The lowest BCUT2D eigenvalue weighted by atomic mass is 10.6. The van der Waals surface area contributed by atoms with Crippen molar-refractivity contribution in [2.75, 3.05) is 13.2 Å². The lowest BCUT2D eigenvalue weighted by molar-refractivity contribution is 0.312. The Labute approximate surface area is 78.3 Å². The fraction of sp³-hybridized carbons (Fsp3) is 0.333. The Kier molecular flexibility index (Phi) is 3.50. The van der Waals surface area contributed by atoms with E-state index in [0.29, 0.717) is 19.0 Å². The van der Waals surface area contributed by atoms with Crippen molar-refractivity contribution in [1.82, 2.24) is 9.97 Å². The molecule has 0 spiro atoms. The van der Waals surface area contributed by atoms with Crippen molar-refractivity contribution in [3.05, 3.63) is 16.1 Å². The lowest BCUT2D eigenvalue weighted by Gasteiger charge is -2.02. The van der Waals surface area contributed by atoms with Crippen molar-refractivity contribution >= 4 is 22.6 Å². The molecule has 0 unspecified atom stereocenters. The zero-order chi connectivity index (χ0) is 8.10. The van der Waals surface area contributed by atoms with Gasteiger partial charge in [0.25, 0.3) is 0 Å². The SMILES string of the molecule is NCCOc1ncncc1I. The molecule has 0 aliphatic carbocycles. The molecule has 60 valence electrons. The molecule has 1 aromatic heterocycles. The molecule has 1 heterocycles. The molecule has 0 atom stereocenters. The minimum atomic E-state index is 0.493. The van der Waals surface area contributed by atoms with Gasteiger partial charge in [0.05, 0.1) is 3.57 Å². The first-order chi connectivity index (χ1) is 5.34. The second kappa shape index (κ2) is 4.45. The van der Waals surface area contributed by atoms with Crippen LogP contribution in [-0.2, 0) is 0 Å². The highest BCUT2D eigenvalue weighted by atomic mass is 127. The van der Waals surface area contributed by atoms with Crippen LogP contribution in [0.3, 0.4) is 0 Å². The smallest absolute Gasteiger partial charge is 0.230 e. The molecule has 0 bridgehead atoms. The van der Waals surface area contributed by atoms with Crippen molar-refractivity contribution < 1.29 is 4.74 Å². The third kappa shape index (κ3) is 2.58. The van der Waals surface area contributed by atoms with E-state index >= 15 is 0 Å². The molecule has 2 N–H and O–H groups in total. The normalized spacial score (nSPS) is 9.64. The number of hydrogen-bond acceptors (Lipinski definition) is 4. The van der Waals surface area contributed by atoms with Crippen LogP contribution in [0.15, 0.2) is 12.5 Å². The van der Waals surface area contributed by atoms with Crippen LogP contribution in [0.4, 0.5) is 0 Å². The highest BCUT2D eigenvalue weighted by Gasteiger charge is 1.99.